The number of hydrogen-bond donors (Lipinski definition) is 0. The molecule has 3 rings (SSSR count). The molecule has 1 atom stereocenters. The molecule has 2 aromatic rings. The van der Waals surface area contributed by atoms with E-state index in [0.717, 1.165) is 23.5 Å². The molecule has 156 valence electrons. The van der Waals surface area contributed by atoms with Gasteiger partial charge in [0.2, 0.25) is 15.8 Å². The van der Waals surface area contributed by atoms with E-state index in [4.69, 9.17) is 4.74 Å². The number of anilines is 1. The molecule has 0 saturated heterocycles. The van der Waals surface area contributed by atoms with E-state index in [1.807, 2.05) is 38.3 Å². The van der Waals surface area contributed by atoms with Crippen molar-refractivity contribution in [2.45, 2.75) is 46.7 Å². The summed E-state index contributed by atoms with van der Waals surface area (Å²) in [4.78, 5) is 24.9. The summed E-state index contributed by atoms with van der Waals surface area (Å²) in [5.74, 6) is -0.847. The van der Waals surface area contributed by atoms with Crippen LogP contribution in [0.2, 0.25) is 0 Å². The summed E-state index contributed by atoms with van der Waals surface area (Å²) in [6, 6.07) is 6.40. The minimum Gasteiger partial charge on any atom is -0.454 e. The van der Waals surface area contributed by atoms with Gasteiger partial charge in [-0.05, 0) is 63.9 Å². The van der Waals surface area contributed by atoms with Crippen molar-refractivity contribution in [1.29, 1.82) is 0 Å². The van der Waals surface area contributed by atoms with E-state index in [2.05, 4.69) is 0 Å². The average molecular weight is 419 g/mol. The van der Waals surface area contributed by atoms with Gasteiger partial charge < -0.3 is 9.30 Å². The second-order valence-corrected chi connectivity index (χ2v) is 9.34. The molecule has 0 bridgehead atoms. The number of sulfonamides is 1. The molecule has 2 heterocycles. The van der Waals surface area contributed by atoms with E-state index in [1.165, 1.54) is 16.6 Å². The van der Waals surface area contributed by atoms with Crippen LogP contribution in [-0.2, 0) is 27.7 Å². The fourth-order valence-corrected chi connectivity index (χ4v) is 5.36. The van der Waals surface area contributed by atoms with Crippen molar-refractivity contribution >= 4 is 27.5 Å². The zero-order valence-electron chi connectivity index (χ0n) is 17.4. The first kappa shape index (κ1) is 21.1. The van der Waals surface area contributed by atoms with Gasteiger partial charge >= 0.3 is 5.97 Å². The Kier molecular flexibility index (Phi) is 5.58. The molecule has 1 aliphatic heterocycles. The minimum absolute atomic E-state index is 0.207. The maximum Gasteiger partial charge on any atom is 0.338 e. The third kappa shape index (κ3) is 3.94. The van der Waals surface area contributed by atoms with Crippen LogP contribution in [-0.4, -0.2) is 43.6 Å². The van der Waals surface area contributed by atoms with E-state index < -0.39 is 16.0 Å². The first-order valence-corrected chi connectivity index (χ1v) is 11.4. The van der Waals surface area contributed by atoms with Crippen LogP contribution in [0.5, 0.6) is 0 Å². The molecule has 0 spiro atoms. The first-order chi connectivity index (χ1) is 13.5. The molecule has 7 nitrogen and oxygen atoms in total. The third-order valence-electron chi connectivity index (χ3n) is 5.35. The van der Waals surface area contributed by atoms with E-state index in [-0.39, 0.29) is 18.4 Å². The Morgan fingerprint density at radius 3 is 2.48 bits per heavy atom. The number of rotatable bonds is 6. The molecule has 0 aliphatic carbocycles. The Morgan fingerprint density at radius 1 is 1.21 bits per heavy atom. The number of ketones is 1. The van der Waals surface area contributed by atoms with Crippen molar-refractivity contribution in [1.82, 2.24) is 4.57 Å². The quantitative estimate of drug-likeness (QED) is 0.532. The van der Waals surface area contributed by atoms with Crippen LogP contribution < -0.4 is 4.31 Å². The highest BCUT2D eigenvalue weighted by atomic mass is 32.2. The van der Waals surface area contributed by atoms with Crippen LogP contribution in [0.25, 0.3) is 0 Å². The maximum absolute atomic E-state index is 12.5. The van der Waals surface area contributed by atoms with Gasteiger partial charge in [-0.3, -0.25) is 9.10 Å². The standard InChI is InChI=1S/C21H26N2O5S/c1-6-22-13(2)10-18(15(22)4)20(24)12-28-21(25)16-7-8-19-17(11-16)9-14(3)23(19)29(5,26)27/h7-8,10-11,14H,6,9,12H2,1-5H3/t14-/m0/s1. The topological polar surface area (TPSA) is 85.7 Å². The lowest BCUT2D eigenvalue weighted by molar-refractivity contribution is 0.0474. The number of esters is 1. The number of benzene rings is 1. The number of carbonyl (C=O) groups is 2. The highest BCUT2D eigenvalue weighted by molar-refractivity contribution is 7.92. The Bertz CT molecular complexity index is 1080. The zero-order chi connectivity index (χ0) is 21.5. The number of carbonyl (C=O) groups excluding carboxylic acids is 2. The summed E-state index contributed by atoms with van der Waals surface area (Å²) in [6.45, 7) is 8.07. The number of fused-ring (bicyclic) bond motifs is 1. The molecule has 1 aromatic heterocycles. The predicted octanol–water partition coefficient (Wildman–Crippen LogP) is 2.88. The highest BCUT2D eigenvalue weighted by Crippen LogP contribution is 2.34. The van der Waals surface area contributed by atoms with Crippen LogP contribution in [0.1, 0.15) is 51.5 Å². The van der Waals surface area contributed by atoms with E-state index in [9.17, 15) is 18.0 Å². The molecule has 0 amide bonds. The van der Waals surface area contributed by atoms with Crippen LogP contribution in [0, 0.1) is 13.8 Å². The summed E-state index contributed by atoms with van der Waals surface area (Å²) in [7, 11) is -3.39. The van der Waals surface area contributed by atoms with Crippen molar-refractivity contribution in [3.63, 3.8) is 0 Å². The van der Waals surface area contributed by atoms with Gasteiger partial charge in [-0.2, -0.15) is 0 Å². The molecule has 0 unspecified atom stereocenters. The summed E-state index contributed by atoms with van der Waals surface area (Å²) in [5.41, 5.74) is 4.07. The fraction of sp³-hybridized carbons (Fsp3) is 0.429. The normalized spacial score (nSPS) is 16.0. The molecular weight excluding hydrogens is 392 g/mol. The second kappa shape index (κ2) is 7.67. The minimum atomic E-state index is -3.39. The lowest BCUT2D eigenvalue weighted by Gasteiger charge is -2.21. The Morgan fingerprint density at radius 2 is 1.90 bits per heavy atom. The van der Waals surface area contributed by atoms with Gasteiger partial charge in [0.1, 0.15) is 0 Å². The number of aromatic nitrogens is 1. The summed E-state index contributed by atoms with van der Waals surface area (Å²) in [6.07, 6.45) is 1.69. The molecule has 0 N–H and O–H groups in total. The smallest absolute Gasteiger partial charge is 0.338 e. The van der Waals surface area contributed by atoms with Crippen molar-refractivity contribution in [2.75, 3.05) is 17.2 Å². The number of nitrogens with zero attached hydrogens (tertiary/aromatic N) is 2. The van der Waals surface area contributed by atoms with Gasteiger partial charge in [-0.1, -0.05) is 0 Å². The highest BCUT2D eigenvalue weighted by Gasteiger charge is 2.33. The summed E-state index contributed by atoms with van der Waals surface area (Å²) < 4.78 is 32.6. The van der Waals surface area contributed by atoms with Gasteiger partial charge in [0.25, 0.3) is 0 Å². The van der Waals surface area contributed by atoms with Crippen LogP contribution in [0.4, 0.5) is 5.69 Å². The lowest BCUT2D eigenvalue weighted by atomic mass is 10.1. The number of hydrogen-bond acceptors (Lipinski definition) is 5. The lowest BCUT2D eigenvalue weighted by Crippen LogP contribution is -2.34. The van der Waals surface area contributed by atoms with Gasteiger partial charge in [-0.15, -0.1) is 0 Å². The number of ether oxygens (including phenoxy) is 1. The SMILES string of the molecule is CCn1c(C)cc(C(=O)COC(=O)c2ccc3c(c2)C[C@H](C)N3S(C)(=O)=O)c1C. The summed E-state index contributed by atoms with van der Waals surface area (Å²) in [5, 5.41) is 0. The van der Waals surface area contributed by atoms with Crippen LogP contribution in [0.3, 0.4) is 0 Å². The second-order valence-electron chi connectivity index (χ2n) is 7.48. The summed E-state index contributed by atoms with van der Waals surface area (Å²) >= 11 is 0. The first-order valence-electron chi connectivity index (χ1n) is 9.54. The molecule has 0 radical (unpaired) electrons. The third-order valence-corrected chi connectivity index (χ3v) is 6.62. The van der Waals surface area contributed by atoms with Crippen molar-refractivity contribution < 1.29 is 22.7 Å². The van der Waals surface area contributed by atoms with Gasteiger partial charge in [0, 0.05) is 29.5 Å². The fourth-order valence-electron chi connectivity index (χ4n) is 4.10. The predicted molar refractivity (Wildman–Crippen MR) is 111 cm³/mol. The molecule has 1 aliphatic rings. The largest absolute Gasteiger partial charge is 0.454 e. The van der Waals surface area contributed by atoms with Crippen molar-refractivity contribution in [2.24, 2.45) is 0 Å². The Balaban J connectivity index is 1.73. The maximum atomic E-state index is 12.5. The molecule has 29 heavy (non-hydrogen) atoms. The number of aryl methyl sites for hydroxylation is 1. The van der Waals surface area contributed by atoms with Gasteiger partial charge in [0.05, 0.1) is 17.5 Å². The van der Waals surface area contributed by atoms with Gasteiger partial charge in [-0.25, -0.2) is 13.2 Å². The van der Waals surface area contributed by atoms with E-state index >= 15 is 0 Å². The van der Waals surface area contributed by atoms with Crippen molar-refractivity contribution in [3.8, 4) is 0 Å². The molecule has 0 saturated carbocycles. The monoisotopic (exact) mass is 418 g/mol. The zero-order valence-corrected chi connectivity index (χ0v) is 18.2. The van der Waals surface area contributed by atoms with Crippen molar-refractivity contribution in [3.05, 3.63) is 52.3 Å². The molecule has 0 fully saturated rings. The van der Waals surface area contributed by atoms with Gasteiger partial charge in [0.15, 0.2) is 6.61 Å². The Hall–Kier alpha value is -2.61. The van der Waals surface area contributed by atoms with Crippen LogP contribution >= 0.6 is 0 Å². The molecule has 8 heteroatoms. The van der Waals surface area contributed by atoms with Crippen LogP contribution in [0.15, 0.2) is 24.3 Å². The Labute approximate surface area is 171 Å². The molecule has 1 aromatic carbocycles. The number of Topliss-reactive ketones (excluding diaryl/α,β-unsaturated/α-hetero) is 1. The molecular formula is C21H26N2O5S. The van der Waals surface area contributed by atoms with E-state index in [1.54, 1.807) is 12.1 Å². The van der Waals surface area contributed by atoms with E-state index in [0.29, 0.717) is 23.2 Å². The average Bonchev–Trinajstić information content (AvgIpc) is 3.13.